The number of allylic oxidation sites excluding steroid dienone is 2. The van der Waals surface area contributed by atoms with Gasteiger partial charge in [-0.1, -0.05) is 318 Å². The molecule has 11 heteroatoms. The van der Waals surface area contributed by atoms with Crippen LogP contribution in [0.25, 0.3) is 0 Å². The molecule has 1 fully saturated rings. The molecular formula is C76H111O9PS. The van der Waals surface area contributed by atoms with Crippen molar-refractivity contribution in [2.24, 2.45) is 0 Å². The van der Waals surface area contributed by atoms with Crippen LogP contribution < -0.4 is 0 Å². The van der Waals surface area contributed by atoms with Crippen molar-refractivity contribution in [3.05, 3.63) is 192 Å². The van der Waals surface area contributed by atoms with E-state index in [0.29, 0.717) is 39.5 Å². The van der Waals surface area contributed by atoms with Gasteiger partial charge in [-0.05, 0) is 84.8 Å². The third-order valence-corrected chi connectivity index (χ3v) is 18.9. The van der Waals surface area contributed by atoms with Crippen LogP contribution in [0.5, 0.6) is 0 Å². The van der Waals surface area contributed by atoms with Gasteiger partial charge in [0.05, 0.1) is 33.0 Å². The lowest BCUT2D eigenvalue weighted by atomic mass is 9.83. The zero-order chi connectivity index (χ0) is 60.9. The van der Waals surface area contributed by atoms with Crippen LogP contribution in [0, 0.1) is 0 Å². The van der Waals surface area contributed by atoms with Crippen LogP contribution in [0.4, 0.5) is 0 Å². The highest BCUT2D eigenvalue weighted by Gasteiger charge is 2.55. The molecular weight excluding hydrogens is 1120 g/mol. The molecule has 87 heavy (non-hydrogen) atoms. The monoisotopic (exact) mass is 1230 g/mol. The molecule has 0 saturated heterocycles. The van der Waals surface area contributed by atoms with Crippen molar-refractivity contribution in [3.63, 3.8) is 0 Å². The van der Waals surface area contributed by atoms with Gasteiger partial charge in [0, 0.05) is 11.4 Å². The molecule has 0 aromatic heterocycles. The molecule has 2 N–H and O–H groups in total. The van der Waals surface area contributed by atoms with E-state index in [9.17, 15) is 4.57 Å². The molecule has 1 unspecified atom stereocenters. The lowest BCUT2D eigenvalue weighted by molar-refractivity contribution is -0.277. The Balaban J connectivity index is 1.18. The van der Waals surface area contributed by atoms with E-state index in [1.54, 1.807) is 12.0 Å². The Morgan fingerprint density at radius 2 is 0.609 bits per heavy atom. The standard InChI is InChI=1S/C76H111O9PS/c1-2-3-4-5-6-7-8-9-10-11-14-17-20-23-26-44-57-70(58-45-27-24-21-18-15-12-13-16-19-22-25-28-46-59-86(77,78)79)87-85-76-74(83-63-68-53-40-32-41-54-68)72(81-61-66-49-36-30-37-50-66)71(80-60-65-47-34-29-35-48-65)73(82-62-67-51-38-31-39-52-67)75(76)84-64-69-55-42-33-43-56-69/h12,15,29-43,47-56,70-76H,2-11,13-14,16-28,44-46,57-64H2,1H3,(H2,77,78,79)/b15-12-/t70?,71-,72-,73+,74-,75-,76-/m0/s1. The van der Waals surface area contributed by atoms with Crippen molar-refractivity contribution in [2.75, 3.05) is 6.16 Å². The smallest absolute Gasteiger partial charge is 0.325 e. The fourth-order valence-electron chi connectivity index (χ4n) is 11.8. The minimum atomic E-state index is -3.87. The van der Waals surface area contributed by atoms with Gasteiger partial charge in [0.1, 0.15) is 36.6 Å². The van der Waals surface area contributed by atoms with E-state index in [0.717, 1.165) is 79.2 Å². The average Bonchev–Trinajstić information content (AvgIpc) is 0.981. The van der Waals surface area contributed by atoms with E-state index in [2.05, 4.69) is 140 Å². The average molecular weight is 1230 g/mol. The van der Waals surface area contributed by atoms with Crippen molar-refractivity contribution >= 4 is 19.6 Å². The Bertz CT molecular complexity index is 2370. The number of benzene rings is 5. The van der Waals surface area contributed by atoms with Gasteiger partial charge in [-0.2, -0.15) is 0 Å². The zero-order valence-corrected chi connectivity index (χ0v) is 54.9. The van der Waals surface area contributed by atoms with Crippen LogP contribution in [0.3, 0.4) is 0 Å². The molecule has 5 aromatic carbocycles. The van der Waals surface area contributed by atoms with E-state index in [1.165, 1.54) is 135 Å². The molecule has 9 nitrogen and oxygen atoms in total. The molecule has 0 heterocycles. The summed E-state index contributed by atoms with van der Waals surface area (Å²) >= 11 is 1.64. The largest absolute Gasteiger partial charge is 0.368 e. The summed E-state index contributed by atoms with van der Waals surface area (Å²) in [6, 6.07) is 51.9. The predicted molar refractivity (Wildman–Crippen MR) is 362 cm³/mol. The molecule has 6 rings (SSSR count). The highest BCUT2D eigenvalue weighted by molar-refractivity contribution is 7.95. The lowest BCUT2D eigenvalue weighted by Gasteiger charge is -2.49. The summed E-state index contributed by atoms with van der Waals surface area (Å²) < 4.78 is 54.9. The van der Waals surface area contributed by atoms with E-state index in [-0.39, 0.29) is 11.4 Å². The Kier molecular flexibility index (Phi) is 38.3. The zero-order valence-electron chi connectivity index (χ0n) is 53.2. The van der Waals surface area contributed by atoms with E-state index >= 15 is 0 Å². The van der Waals surface area contributed by atoms with Gasteiger partial charge in [-0.15, -0.1) is 0 Å². The molecule has 1 saturated carbocycles. The maximum atomic E-state index is 11.1. The fourth-order valence-corrected chi connectivity index (χ4v) is 13.5. The van der Waals surface area contributed by atoms with E-state index in [1.807, 2.05) is 30.3 Å². The number of hydrogen-bond acceptors (Lipinski definition) is 8. The second-order valence-electron chi connectivity index (χ2n) is 24.4. The van der Waals surface area contributed by atoms with Crippen LogP contribution in [0.2, 0.25) is 0 Å². The predicted octanol–water partition coefficient (Wildman–Crippen LogP) is 20.8. The van der Waals surface area contributed by atoms with Crippen LogP contribution >= 0.6 is 19.6 Å². The first-order valence-corrected chi connectivity index (χ1v) is 36.8. The maximum Gasteiger partial charge on any atom is 0.325 e. The summed E-state index contributed by atoms with van der Waals surface area (Å²) in [5.41, 5.74) is 5.31. The molecule has 0 radical (unpaired) electrons. The van der Waals surface area contributed by atoms with E-state index < -0.39 is 44.2 Å². The van der Waals surface area contributed by atoms with Crippen LogP contribution in [0.1, 0.15) is 227 Å². The number of hydrogen-bond donors (Lipinski definition) is 2. The summed E-state index contributed by atoms with van der Waals surface area (Å²) in [5.74, 6) is 0. The highest BCUT2D eigenvalue weighted by atomic mass is 32.2. The first-order valence-electron chi connectivity index (χ1n) is 34.2. The topological polar surface area (TPSA) is 113 Å². The first kappa shape index (κ1) is 72.2. The van der Waals surface area contributed by atoms with Gasteiger partial charge in [0.25, 0.3) is 0 Å². The molecule has 5 aromatic rings. The van der Waals surface area contributed by atoms with Crippen molar-refractivity contribution in [2.45, 2.75) is 274 Å². The molecule has 1 aliphatic rings. The van der Waals surface area contributed by atoms with Gasteiger partial charge >= 0.3 is 7.60 Å². The number of ether oxygens (including phenoxy) is 5. The molecule has 7 atom stereocenters. The van der Waals surface area contributed by atoms with Gasteiger partial charge in [0.2, 0.25) is 0 Å². The van der Waals surface area contributed by atoms with Gasteiger partial charge in [-0.3, -0.25) is 4.57 Å². The SMILES string of the molecule is CCCCCCCCCCCCCCCCCCC(CCCCCC/C=C\CCCCCCCCP(=O)(O)O)SO[C@@H]1[C@@H](OCc2ccccc2)[C@H](OCc2ccccc2)[C@@H](OCc2ccccc2)[C@H](OCc2ccccc2)[C@@H]1OCc1ccccc1. The van der Waals surface area contributed by atoms with Crippen molar-refractivity contribution in [1.82, 2.24) is 0 Å². The molecule has 0 spiro atoms. The normalized spacial score (nSPS) is 18.4. The number of rotatable bonds is 51. The summed E-state index contributed by atoms with van der Waals surface area (Å²) in [5, 5.41) is 0.284. The van der Waals surface area contributed by atoms with Crippen LogP contribution in [-0.4, -0.2) is 57.8 Å². The second-order valence-corrected chi connectivity index (χ2v) is 27.3. The Labute approximate surface area is 531 Å². The van der Waals surface area contributed by atoms with Crippen LogP contribution in [-0.2, 0) is 65.5 Å². The molecule has 0 bridgehead atoms. The molecule has 0 aliphatic heterocycles. The Morgan fingerprint density at radius 1 is 0.356 bits per heavy atom. The Hall–Kier alpha value is -3.90. The summed E-state index contributed by atoms with van der Waals surface area (Å²) in [6.45, 7) is 4.08. The quantitative estimate of drug-likeness (QED) is 0.0169. The third kappa shape index (κ3) is 32.1. The first-order chi connectivity index (χ1) is 42.9. The van der Waals surface area contributed by atoms with Crippen molar-refractivity contribution in [1.29, 1.82) is 0 Å². The van der Waals surface area contributed by atoms with Crippen LogP contribution in [0.15, 0.2) is 164 Å². The van der Waals surface area contributed by atoms with Crippen molar-refractivity contribution in [3.8, 4) is 0 Å². The minimum absolute atomic E-state index is 0.00870. The minimum Gasteiger partial charge on any atom is -0.368 e. The van der Waals surface area contributed by atoms with E-state index in [4.69, 9.17) is 37.7 Å². The second kappa shape index (κ2) is 46.2. The molecule has 0 amide bonds. The fraction of sp³-hybridized carbons (Fsp3) is 0.579. The summed E-state index contributed by atoms with van der Waals surface area (Å²) in [4.78, 5) is 18.2. The maximum absolute atomic E-state index is 11.1. The molecule has 480 valence electrons. The van der Waals surface area contributed by atoms with Gasteiger partial charge < -0.3 is 37.7 Å². The molecule has 1 aliphatic carbocycles. The number of unbranched alkanes of at least 4 members (excludes halogenated alkanes) is 25. The van der Waals surface area contributed by atoms with Crippen molar-refractivity contribution < 1.29 is 42.2 Å². The lowest BCUT2D eigenvalue weighted by Crippen LogP contribution is -2.67. The van der Waals surface area contributed by atoms with Gasteiger partial charge in [0.15, 0.2) is 0 Å². The summed E-state index contributed by atoms with van der Waals surface area (Å²) in [6.07, 6.45) is 37.9. The highest BCUT2D eigenvalue weighted by Crippen LogP contribution is 2.40. The summed E-state index contributed by atoms with van der Waals surface area (Å²) in [7, 11) is -3.87. The van der Waals surface area contributed by atoms with Gasteiger partial charge in [-0.25, -0.2) is 0 Å². The Morgan fingerprint density at radius 3 is 0.897 bits per heavy atom. The third-order valence-electron chi connectivity index (χ3n) is 16.9.